The lowest BCUT2D eigenvalue weighted by atomic mass is 9.90. The number of carbonyl (C=O) groups is 3. The summed E-state index contributed by atoms with van der Waals surface area (Å²) in [6.45, 7) is 6.46. The molecule has 10 nitrogen and oxygen atoms in total. The van der Waals surface area contributed by atoms with Gasteiger partial charge < -0.3 is 20.1 Å². The predicted octanol–water partition coefficient (Wildman–Crippen LogP) is 1.09. The van der Waals surface area contributed by atoms with Crippen molar-refractivity contribution in [1.29, 1.82) is 0 Å². The molecular formula is C21H29N5O5. The minimum Gasteiger partial charge on any atom is -0.433 e. The van der Waals surface area contributed by atoms with Crippen LogP contribution in [0.1, 0.15) is 33.6 Å². The van der Waals surface area contributed by atoms with Crippen LogP contribution in [0.3, 0.4) is 0 Å². The van der Waals surface area contributed by atoms with Crippen molar-refractivity contribution in [3.8, 4) is 0 Å². The average molecular weight is 431 g/mol. The van der Waals surface area contributed by atoms with Gasteiger partial charge >= 0.3 is 5.97 Å². The van der Waals surface area contributed by atoms with Gasteiger partial charge in [-0.2, -0.15) is 0 Å². The second kappa shape index (κ2) is 9.86. The number of nitrogens with two attached hydrogens (primary N) is 1. The molecule has 168 valence electrons. The SMILES string of the molecule is CCOC1OC(=O)CC1N(CCn1nnc2ccccc21)C(=O)C(CC(N)=O)C(C)C. The molecule has 1 aromatic heterocycles. The molecule has 0 radical (unpaired) electrons. The van der Waals surface area contributed by atoms with Crippen LogP contribution < -0.4 is 5.73 Å². The van der Waals surface area contributed by atoms with E-state index in [9.17, 15) is 14.4 Å². The molecule has 3 atom stereocenters. The van der Waals surface area contributed by atoms with E-state index in [1.165, 1.54) is 0 Å². The lowest BCUT2D eigenvalue weighted by molar-refractivity contribution is -0.172. The minimum absolute atomic E-state index is 0.0237. The van der Waals surface area contributed by atoms with Gasteiger partial charge in [0.25, 0.3) is 0 Å². The van der Waals surface area contributed by atoms with E-state index in [4.69, 9.17) is 15.2 Å². The summed E-state index contributed by atoms with van der Waals surface area (Å²) in [5.74, 6) is -1.95. The smallest absolute Gasteiger partial charge is 0.310 e. The number of carbonyl (C=O) groups excluding carboxylic acids is 3. The maximum Gasteiger partial charge on any atom is 0.310 e. The van der Waals surface area contributed by atoms with Crippen molar-refractivity contribution in [2.75, 3.05) is 13.2 Å². The van der Waals surface area contributed by atoms with Gasteiger partial charge in [-0.3, -0.25) is 14.4 Å². The van der Waals surface area contributed by atoms with Gasteiger partial charge in [-0.05, 0) is 25.0 Å². The van der Waals surface area contributed by atoms with Crippen molar-refractivity contribution < 1.29 is 23.9 Å². The molecule has 0 aliphatic carbocycles. The van der Waals surface area contributed by atoms with Gasteiger partial charge in [-0.1, -0.05) is 31.2 Å². The summed E-state index contributed by atoms with van der Waals surface area (Å²) < 4.78 is 12.6. The van der Waals surface area contributed by atoms with Crippen molar-refractivity contribution in [2.24, 2.45) is 17.6 Å². The Morgan fingerprint density at radius 2 is 2.10 bits per heavy atom. The summed E-state index contributed by atoms with van der Waals surface area (Å²) in [4.78, 5) is 38.7. The normalized spacial score (nSPS) is 19.5. The first kappa shape index (κ1) is 22.7. The zero-order valence-corrected chi connectivity index (χ0v) is 18.1. The number of hydrogen-bond acceptors (Lipinski definition) is 7. The zero-order chi connectivity index (χ0) is 22.5. The lowest BCUT2D eigenvalue weighted by Crippen LogP contribution is -2.50. The van der Waals surface area contributed by atoms with Gasteiger partial charge in [0.2, 0.25) is 18.1 Å². The fourth-order valence-corrected chi connectivity index (χ4v) is 3.85. The Bertz CT molecular complexity index is 943. The van der Waals surface area contributed by atoms with Crippen molar-refractivity contribution >= 4 is 28.8 Å². The van der Waals surface area contributed by atoms with Gasteiger partial charge in [0, 0.05) is 25.5 Å². The third-order valence-corrected chi connectivity index (χ3v) is 5.47. The van der Waals surface area contributed by atoms with Crippen molar-refractivity contribution in [2.45, 2.75) is 52.5 Å². The highest BCUT2D eigenvalue weighted by molar-refractivity contribution is 5.86. The summed E-state index contributed by atoms with van der Waals surface area (Å²) in [5, 5.41) is 8.32. The molecular weight excluding hydrogens is 402 g/mol. The Morgan fingerprint density at radius 3 is 2.77 bits per heavy atom. The van der Waals surface area contributed by atoms with Gasteiger partial charge in [-0.15, -0.1) is 5.10 Å². The molecule has 0 saturated carbocycles. The maximum atomic E-state index is 13.5. The first-order valence-electron chi connectivity index (χ1n) is 10.5. The van der Waals surface area contributed by atoms with Gasteiger partial charge in [0.1, 0.15) is 11.6 Å². The van der Waals surface area contributed by atoms with E-state index in [2.05, 4.69) is 10.3 Å². The zero-order valence-electron chi connectivity index (χ0n) is 18.1. The Morgan fingerprint density at radius 1 is 1.35 bits per heavy atom. The number of fused-ring (bicyclic) bond motifs is 1. The Hall–Kier alpha value is -3.01. The van der Waals surface area contributed by atoms with Crippen LogP contribution in [-0.4, -0.2) is 63.2 Å². The minimum atomic E-state index is -0.852. The highest BCUT2D eigenvalue weighted by Gasteiger charge is 2.43. The number of para-hydroxylation sites is 1. The summed E-state index contributed by atoms with van der Waals surface area (Å²) in [5.41, 5.74) is 6.99. The molecule has 1 aliphatic rings. The molecule has 1 saturated heterocycles. The van der Waals surface area contributed by atoms with Crippen molar-refractivity contribution in [3.63, 3.8) is 0 Å². The first-order valence-corrected chi connectivity index (χ1v) is 10.5. The van der Waals surface area contributed by atoms with E-state index in [1.54, 1.807) is 16.5 Å². The molecule has 2 aromatic rings. The van der Waals surface area contributed by atoms with Gasteiger partial charge in [-0.25, -0.2) is 4.68 Å². The fourth-order valence-electron chi connectivity index (χ4n) is 3.85. The van der Waals surface area contributed by atoms with Crippen molar-refractivity contribution in [3.05, 3.63) is 24.3 Å². The maximum absolute atomic E-state index is 13.5. The molecule has 1 aromatic carbocycles. The number of primary amides is 1. The molecule has 3 rings (SSSR count). The second-order valence-corrected chi connectivity index (χ2v) is 7.94. The summed E-state index contributed by atoms with van der Waals surface area (Å²) in [6.07, 6.45) is -0.897. The number of cyclic esters (lactones) is 1. The standard InChI is InChI=1S/C21H29N5O5/c1-4-30-21-17(12-19(28)31-21)25(20(29)14(13(2)3)11-18(22)27)9-10-26-16-8-6-5-7-15(16)23-24-26/h5-8,13-14,17,21H,4,9-12H2,1-3H3,(H2,22,27). The van der Waals surface area contributed by atoms with E-state index < -0.39 is 30.1 Å². The summed E-state index contributed by atoms with van der Waals surface area (Å²) >= 11 is 0. The molecule has 2 heterocycles. The number of ether oxygens (including phenoxy) is 2. The summed E-state index contributed by atoms with van der Waals surface area (Å²) in [7, 11) is 0. The lowest BCUT2D eigenvalue weighted by Gasteiger charge is -2.34. The number of nitrogens with zero attached hydrogens (tertiary/aromatic N) is 4. The molecule has 31 heavy (non-hydrogen) atoms. The number of esters is 1. The first-order chi connectivity index (χ1) is 14.8. The van der Waals surface area contributed by atoms with Gasteiger partial charge in [0.05, 0.1) is 18.5 Å². The third-order valence-electron chi connectivity index (χ3n) is 5.47. The van der Waals surface area contributed by atoms with Crippen LogP contribution in [0.2, 0.25) is 0 Å². The van der Waals surface area contributed by atoms with Crippen LogP contribution in [0.25, 0.3) is 11.0 Å². The number of aromatic nitrogens is 3. The van der Waals surface area contributed by atoms with Crippen LogP contribution in [0.4, 0.5) is 0 Å². The number of rotatable bonds is 10. The number of amides is 2. The van der Waals surface area contributed by atoms with Gasteiger partial charge in [0.15, 0.2) is 0 Å². The summed E-state index contributed by atoms with van der Waals surface area (Å²) in [6, 6.07) is 6.93. The number of benzene rings is 1. The predicted molar refractivity (Wildman–Crippen MR) is 111 cm³/mol. The molecule has 0 bridgehead atoms. The average Bonchev–Trinajstić information content (AvgIpc) is 3.29. The van der Waals surface area contributed by atoms with Crippen LogP contribution >= 0.6 is 0 Å². The van der Waals surface area contributed by atoms with E-state index in [0.717, 1.165) is 11.0 Å². The van der Waals surface area contributed by atoms with Crippen molar-refractivity contribution in [1.82, 2.24) is 19.9 Å². The Kier molecular flexibility index (Phi) is 7.21. The molecule has 2 N–H and O–H groups in total. The van der Waals surface area contributed by atoms with E-state index in [1.807, 2.05) is 38.1 Å². The Labute approximate surface area is 180 Å². The molecule has 1 fully saturated rings. The van der Waals surface area contributed by atoms with E-state index in [0.29, 0.717) is 13.2 Å². The van der Waals surface area contributed by atoms with Crippen LogP contribution in [0, 0.1) is 11.8 Å². The van der Waals surface area contributed by atoms with Crippen LogP contribution in [0.15, 0.2) is 24.3 Å². The third kappa shape index (κ3) is 5.19. The molecule has 2 amide bonds. The molecule has 1 aliphatic heterocycles. The second-order valence-electron chi connectivity index (χ2n) is 7.94. The monoisotopic (exact) mass is 431 g/mol. The topological polar surface area (TPSA) is 130 Å². The Balaban J connectivity index is 1.88. The molecule has 3 unspecified atom stereocenters. The van der Waals surface area contributed by atoms with Crippen LogP contribution in [-0.2, 0) is 30.4 Å². The molecule has 0 spiro atoms. The largest absolute Gasteiger partial charge is 0.433 e. The number of hydrogen-bond donors (Lipinski definition) is 1. The van der Waals surface area contributed by atoms with E-state index >= 15 is 0 Å². The highest BCUT2D eigenvalue weighted by atomic mass is 16.7. The fraction of sp³-hybridized carbons (Fsp3) is 0.571. The van der Waals surface area contributed by atoms with Crippen LogP contribution in [0.5, 0.6) is 0 Å². The van der Waals surface area contributed by atoms with E-state index in [-0.39, 0.29) is 31.2 Å². The highest BCUT2D eigenvalue weighted by Crippen LogP contribution is 2.27. The molecule has 10 heteroatoms. The quantitative estimate of drug-likeness (QED) is 0.557.